The molecular weight excluding hydrogens is 331 g/mol. The predicted octanol–water partition coefficient (Wildman–Crippen LogP) is 3.03. The smallest absolute Gasteiger partial charge is 0.471 e. The van der Waals surface area contributed by atoms with Crippen molar-refractivity contribution in [2.75, 3.05) is 5.32 Å². The lowest BCUT2D eigenvalue weighted by Gasteiger charge is -2.12. The van der Waals surface area contributed by atoms with Crippen LogP contribution < -0.4 is 10.7 Å². The Morgan fingerprint density at radius 3 is 2.50 bits per heavy atom. The van der Waals surface area contributed by atoms with Crippen LogP contribution in [0.25, 0.3) is 17.0 Å². The molecule has 0 aliphatic carbocycles. The molecule has 1 amide bonds. The van der Waals surface area contributed by atoms with Gasteiger partial charge in [-0.25, -0.2) is 4.79 Å². The van der Waals surface area contributed by atoms with Crippen LogP contribution >= 0.6 is 0 Å². The van der Waals surface area contributed by atoms with Gasteiger partial charge in [0.05, 0.1) is 11.1 Å². The highest BCUT2D eigenvalue weighted by Crippen LogP contribution is 2.28. The topological polar surface area (TPSA) is 96.6 Å². The highest BCUT2D eigenvalue weighted by Gasteiger charge is 2.39. The SMILES string of the molecule is CC=Cc1c(NC(=O)C(F)(F)F)ccc2c(=O)cc(C(=O)O)oc12. The quantitative estimate of drug-likeness (QED) is 0.894. The van der Waals surface area contributed by atoms with E-state index in [-0.39, 0.29) is 22.2 Å². The normalized spacial score (nSPS) is 11.8. The van der Waals surface area contributed by atoms with Gasteiger partial charge in [-0.15, -0.1) is 0 Å². The van der Waals surface area contributed by atoms with Crippen LogP contribution in [0.15, 0.2) is 33.5 Å². The number of hydrogen-bond donors (Lipinski definition) is 2. The molecular formula is C15H10F3NO5. The molecule has 0 radical (unpaired) electrons. The molecule has 0 spiro atoms. The van der Waals surface area contributed by atoms with Crippen LogP contribution in [0.4, 0.5) is 18.9 Å². The summed E-state index contributed by atoms with van der Waals surface area (Å²) in [5.41, 5.74) is -1.23. The Morgan fingerprint density at radius 2 is 1.96 bits per heavy atom. The van der Waals surface area contributed by atoms with Gasteiger partial charge in [0.25, 0.3) is 0 Å². The second-order valence-electron chi connectivity index (χ2n) is 4.64. The first-order valence-corrected chi connectivity index (χ1v) is 6.50. The van der Waals surface area contributed by atoms with Gasteiger partial charge < -0.3 is 14.8 Å². The van der Waals surface area contributed by atoms with Gasteiger partial charge >= 0.3 is 18.1 Å². The van der Waals surface area contributed by atoms with E-state index in [2.05, 4.69) is 0 Å². The number of carboxylic acid groups (broad SMARTS) is 1. The van der Waals surface area contributed by atoms with Crippen molar-refractivity contribution in [3.05, 3.63) is 45.8 Å². The molecule has 126 valence electrons. The van der Waals surface area contributed by atoms with Crippen molar-refractivity contribution in [1.82, 2.24) is 0 Å². The lowest BCUT2D eigenvalue weighted by Crippen LogP contribution is -2.30. The first kappa shape index (κ1) is 17.3. The molecule has 0 aliphatic rings. The number of anilines is 1. The molecule has 0 aliphatic heterocycles. The van der Waals surface area contributed by atoms with Gasteiger partial charge in [-0.2, -0.15) is 13.2 Å². The maximum Gasteiger partial charge on any atom is 0.471 e. The van der Waals surface area contributed by atoms with Gasteiger partial charge in [0.2, 0.25) is 5.76 Å². The van der Waals surface area contributed by atoms with E-state index in [1.54, 1.807) is 12.2 Å². The standard InChI is InChI=1S/C15H10F3NO5/c1-2-3-7-9(19-14(23)15(16,17)18)5-4-8-10(20)6-11(13(21)22)24-12(7)8/h2-6H,1H3,(H,19,23)(H,21,22). The molecule has 1 aromatic heterocycles. The minimum atomic E-state index is -5.11. The van der Waals surface area contributed by atoms with Gasteiger partial charge in [0, 0.05) is 11.6 Å². The van der Waals surface area contributed by atoms with Crippen LogP contribution in [-0.4, -0.2) is 23.2 Å². The second kappa shape index (κ2) is 6.19. The van der Waals surface area contributed by atoms with E-state index in [0.29, 0.717) is 0 Å². The van der Waals surface area contributed by atoms with Crippen molar-refractivity contribution in [3.63, 3.8) is 0 Å². The molecule has 0 unspecified atom stereocenters. The summed E-state index contributed by atoms with van der Waals surface area (Å²) in [4.78, 5) is 34.1. The Morgan fingerprint density at radius 1 is 1.29 bits per heavy atom. The van der Waals surface area contributed by atoms with Crippen molar-refractivity contribution in [1.29, 1.82) is 0 Å². The van der Waals surface area contributed by atoms with E-state index < -0.39 is 29.2 Å². The molecule has 0 atom stereocenters. The minimum absolute atomic E-state index is 0.0295. The number of alkyl halides is 3. The number of amides is 1. The Kier molecular flexibility index (Phi) is 4.45. The highest BCUT2D eigenvalue weighted by molar-refractivity contribution is 6.01. The zero-order chi connectivity index (χ0) is 18.1. The molecule has 0 saturated heterocycles. The van der Waals surface area contributed by atoms with Crippen molar-refractivity contribution >= 4 is 34.6 Å². The fourth-order valence-corrected chi connectivity index (χ4v) is 1.98. The van der Waals surface area contributed by atoms with Crippen LogP contribution in [0.1, 0.15) is 23.0 Å². The van der Waals surface area contributed by atoms with Crippen LogP contribution in [0.2, 0.25) is 0 Å². The average Bonchev–Trinajstić information content (AvgIpc) is 2.48. The van der Waals surface area contributed by atoms with E-state index in [1.165, 1.54) is 12.2 Å². The number of aromatic carboxylic acids is 1. The maximum absolute atomic E-state index is 12.4. The summed E-state index contributed by atoms with van der Waals surface area (Å²) in [6, 6.07) is 3.02. The zero-order valence-electron chi connectivity index (χ0n) is 12.1. The number of carbonyl (C=O) groups excluding carboxylic acids is 1. The van der Waals surface area contributed by atoms with E-state index in [4.69, 9.17) is 9.52 Å². The fraction of sp³-hybridized carbons (Fsp3) is 0.133. The fourth-order valence-electron chi connectivity index (χ4n) is 1.98. The summed E-state index contributed by atoms with van der Waals surface area (Å²) in [6.07, 6.45) is -2.37. The molecule has 2 N–H and O–H groups in total. The number of halogens is 3. The Labute approximate surface area is 132 Å². The zero-order valence-corrected chi connectivity index (χ0v) is 12.1. The van der Waals surface area contributed by atoms with Crippen LogP contribution in [0.5, 0.6) is 0 Å². The van der Waals surface area contributed by atoms with Crippen molar-refractivity contribution in [3.8, 4) is 0 Å². The second-order valence-corrected chi connectivity index (χ2v) is 4.64. The van der Waals surface area contributed by atoms with E-state index >= 15 is 0 Å². The number of benzene rings is 1. The van der Waals surface area contributed by atoms with Gasteiger partial charge in [-0.1, -0.05) is 12.2 Å². The van der Waals surface area contributed by atoms with Crippen molar-refractivity contribution < 1.29 is 32.3 Å². The lowest BCUT2D eigenvalue weighted by molar-refractivity contribution is -0.167. The molecule has 0 fully saturated rings. The third-order valence-corrected chi connectivity index (χ3v) is 2.99. The predicted molar refractivity (Wildman–Crippen MR) is 78.8 cm³/mol. The summed E-state index contributed by atoms with van der Waals surface area (Å²) in [5, 5.41) is 10.6. The number of rotatable bonds is 3. The minimum Gasteiger partial charge on any atom is -0.475 e. The largest absolute Gasteiger partial charge is 0.475 e. The van der Waals surface area contributed by atoms with E-state index in [0.717, 1.165) is 18.2 Å². The first-order chi connectivity index (χ1) is 11.1. The van der Waals surface area contributed by atoms with Crippen LogP contribution in [0.3, 0.4) is 0 Å². The highest BCUT2D eigenvalue weighted by atomic mass is 19.4. The molecule has 2 aromatic rings. The number of fused-ring (bicyclic) bond motifs is 1. The van der Waals surface area contributed by atoms with Gasteiger partial charge in [0.1, 0.15) is 5.58 Å². The molecule has 1 aromatic carbocycles. The Hall–Kier alpha value is -3.10. The van der Waals surface area contributed by atoms with Gasteiger partial charge in [-0.3, -0.25) is 9.59 Å². The Bertz CT molecular complexity index is 912. The molecule has 0 bridgehead atoms. The number of allylic oxidation sites excluding steroid dienone is 1. The average molecular weight is 341 g/mol. The first-order valence-electron chi connectivity index (χ1n) is 6.50. The maximum atomic E-state index is 12.4. The van der Waals surface area contributed by atoms with Crippen molar-refractivity contribution in [2.24, 2.45) is 0 Å². The summed E-state index contributed by atoms with van der Waals surface area (Å²) in [6.45, 7) is 1.55. The third kappa shape index (κ3) is 3.29. The van der Waals surface area contributed by atoms with E-state index in [1.807, 2.05) is 0 Å². The van der Waals surface area contributed by atoms with Crippen molar-refractivity contribution in [2.45, 2.75) is 13.1 Å². The summed E-state index contributed by atoms with van der Waals surface area (Å²) >= 11 is 0. The van der Waals surface area contributed by atoms with Gasteiger partial charge in [-0.05, 0) is 19.1 Å². The molecule has 1 heterocycles. The monoisotopic (exact) mass is 341 g/mol. The number of carbonyl (C=O) groups is 2. The summed E-state index contributed by atoms with van der Waals surface area (Å²) in [7, 11) is 0. The number of nitrogens with one attached hydrogen (secondary N) is 1. The van der Waals surface area contributed by atoms with Gasteiger partial charge in [0.15, 0.2) is 5.43 Å². The third-order valence-electron chi connectivity index (χ3n) is 2.99. The molecule has 24 heavy (non-hydrogen) atoms. The van der Waals surface area contributed by atoms with E-state index in [9.17, 15) is 27.6 Å². The molecule has 9 heteroatoms. The molecule has 6 nitrogen and oxygen atoms in total. The molecule has 2 rings (SSSR count). The van der Waals surface area contributed by atoms with Crippen LogP contribution in [-0.2, 0) is 4.79 Å². The number of carboxylic acids is 1. The number of hydrogen-bond acceptors (Lipinski definition) is 4. The summed E-state index contributed by atoms with van der Waals surface area (Å²) in [5.74, 6) is -4.38. The lowest BCUT2D eigenvalue weighted by atomic mass is 10.1. The van der Waals surface area contributed by atoms with Crippen LogP contribution in [0, 0.1) is 0 Å². The Balaban J connectivity index is 2.74. The molecule has 0 saturated carbocycles. The summed E-state index contributed by atoms with van der Waals surface area (Å²) < 4.78 is 42.4.